The highest BCUT2D eigenvalue weighted by atomic mass is 19.1. The van der Waals surface area contributed by atoms with Gasteiger partial charge in [0.2, 0.25) is 5.91 Å². The van der Waals surface area contributed by atoms with E-state index in [0.29, 0.717) is 19.5 Å². The van der Waals surface area contributed by atoms with Crippen LogP contribution in [0.2, 0.25) is 0 Å². The molecule has 0 saturated carbocycles. The Hall–Kier alpha value is -2.20. The van der Waals surface area contributed by atoms with Gasteiger partial charge in [-0.15, -0.1) is 0 Å². The molecule has 1 amide bonds. The molecule has 3 nitrogen and oxygen atoms in total. The van der Waals surface area contributed by atoms with Gasteiger partial charge in [0.05, 0.1) is 6.04 Å². The van der Waals surface area contributed by atoms with E-state index in [-0.39, 0.29) is 17.8 Å². The number of fused-ring (bicyclic) bond motifs is 1. The molecule has 0 spiro atoms. The van der Waals surface area contributed by atoms with Gasteiger partial charge in [0, 0.05) is 13.1 Å². The summed E-state index contributed by atoms with van der Waals surface area (Å²) in [7, 11) is 0. The summed E-state index contributed by atoms with van der Waals surface area (Å²) >= 11 is 0. The van der Waals surface area contributed by atoms with Gasteiger partial charge in [-0.1, -0.05) is 36.4 Å². The fraction of sp³-hybridized carbons (Fsp3) is 0.235. The quantitative estimate of drug-likeness (QED) is 0.907. The molecule has 21 heavy (non-hydrogen) atoms. The van der Waals surface area contributed by atoms with E-state index in [9.17, 15) is 9.18 Å². The third kappa shape index (κ3) is 3.28. The number of carbonyl (C=O) groups is 1. The van der Waals surface area contributed by atoms with E-state index in [0.717, 1.165) is 5.56 Å². The second-order valence-electron chi connectivity index (χ2n) is 5.25. The highest BCUT2D eigenvalue weighted by Crippen LogP contribution is 2.16. The lowest BCUT2D eigenvalue weighted by Gasteiger charge is -2.25. The molecule has 1 atom stereocenters. The third-order valence-corrected chi connectivity index (χ3v) is 3.78. The van der Waals surface area contributed by atoms with E-state index in [2.05, 4.69) is 22.8 Å². The van der Waals surface area contributed by atoms with Crippen molar-refractivity contribution in [1.82, 2.24) is 10.6 Å². The Morgan fingerprint density at radius 1 is 1.14 bits per heavy atom. The van der Waals surface area contributed by atoms with Crippen LogP contribution >= 0.6 is 0 Å². The van der Waals surface area contributed by atoms with Crippen LogP contribution in [0.25, 0.3) is 0 Å². The Labute approximate surface area is 123 Å². The van der Waals surface area contributed by atoms with Crippen molar-refractivity contribution >= 4 is 5.91 Å². The zero-order chi connectivity index (χ0) is 14.7. The van der Waals surface area contributed by atoms with Crippen molar-refractivity contribution in [2.24, 2.45) is 0 Å². The van der Waals surface area contributed by atoms with Crippen molar-refractivity contribution in [1.29, 1.82) is 0 Å². The van der Waals surface area contributed by atoms with Gasteiger partial charge in [-0.3, -0.25) is 4.79 Å². The summed E-state index contributed by atoms with van der Waals surface area (Å²) in [4.78, 5) is 12.2. The van der Waals surface area contributed by atoms with Gasteiger partial charge in [0.25, 0.3) is 0 Å². The third-order valence-electron chi connectivity index (χ3n) is 3.78. The topological polar surface area (TPSA) is 41.1 Å². The fourth-order valence-electron chi connectivity index (χ4n) is 2.55. The van der Waals surface area contributed by atoms with E-state index in [1.807, 2.05) is 12.1 Å². The summed E-state index contributed by atoms with van der Waals surface area (Å²) in [6.07, 6.45) is 0.700. The number of nitrogens with one attached hydrogen (secondary N) is 2. The Balaban J connectivity index is 1.58. The smallest absolute Gasteiger partial charge is 0.237 e. The van der Waals surface area contributed by atoms with E-state index in [4.69, 9.17) is 0 Å². The zero-order valence-electron chi connectivity index (χ0n) is 11.6. The predicted octanol–water partition coefficient (Wildman–Crippen LogP) is 2.16. The van der Waals surface area contributed by atoms with E-state index < -0.39 is 0 Å². The maximum atomic E-state index is 12.8. The number of hydrogen-bond donors (Lipinski definition) is 2. The summed E-state index contributed by atoms with van der Waals surface area (Å²) < 4.78 is 12.8. The summed E-state index contributed by atoms with van der Waals surface area (Å²) in [5, 5.41) is 6.14. The molecule has 0 bridgehead atoms. The minimum Gasteiger partial charge on any atom is -0.351 e. The summed E-state index contributed by atoms with van der Waals surface area (Å²) in [6, 6.07) is 14.1. The highest BCUT2D eigenvalue weighted by Gasteiger charge is 2.23. The highest BCUT2D eigenvalue weighted by molar-refractivity contribution is 5.82. The minimum absolute atomic E-state index is 0.0196. The minimum atomic E-state index is -0.268. The number of halogens is 1. The SMILES string of the molecule is O=C(NCc1ccc(F)cc1)[C@@H]1Cc2ccccc2CN1. The first-order chi connectivity index (χ1) is 10.2. The molecule has 0 aliphatic carbocycles. The predicted molar refractivity (Wildman–Crippen MR) is 79.0 cm³/mol. The van der Waals surface area contributed by atoms with Crippen LogP contribution in [0.5, 0.6) is 0 Å². The standard InChI is InChI=1S/C17H17FN2O/c18-15-7-5-12(6-8-15)10-20-17(21)16-9-13-3-1-2-4-14(13)11-19-16/h1-8,16,19H,9-11H2,(H,20,21)/t16-/m0/s1. The Morgan fingerprint density at radius 3 is 2.62 bits per heavy atom. The molecular weight excluding hydrogens is 267 g/mol. The first-order valence-electron chi connectivity index (χ1n) is 7.05. The van der Waals surface area contributed by atoms with Crippen molar-refractivity contribution in [2.45, 2.75) is 25.6 Å². The molecule has 0 fully saturated rings. The van der Waals surface area contributed by atoms with Crippen molar-refractivity contribution < 1.29 is 9.18 Å². The van der Waals surface area contributed by atoms with Crippen LogP contribution in [-0.2, 0) is 24.3 Å². The second kappa shape index (κ2) is 6.06. The lowest BCUT2D eigenvalue weighted by Crippen LogP contribution is -2.47. The average Bonchev–Trinajstić information content (AvgIpc) is 2.53. The largest absolute Gasteiger partial charge is 0.351 e. The molecule has 0 saturated heterocycles. The Bertz CT molecular complexity index is 639. The number of amides is 1. The number of rotatable bonds is 3. The van der Waals surface area contributed by atoms with Crippen LogP contribution < -0.4 is 10.6 Å². The maximum absolute atomic E-state index is 12.8. The molecule has 2 aromatic carbocycles. The van der Waals surface area contributed by atoms with Gasteiger partial charge in [-0.05, 0) is 35.2 Å². The molecule has 0 radical (unpaired) electrons. The van der Waals surface area contributed by atoms with Crippen LogP contribution in [0.4, 0.5) is 4.39 Å². The molecule has 3 rings (SSSR count). The number of hydrogen-bond acceptors (Lipinski definition) is 2. The van der Waals surface area contributed by atoms with Gasteiger partial charge in [-0.2, -0.15) is 0 Å². The second-order valence-corrected chi connectivity index (χ2v) is 5.25. The molecule has 1 heterocycles. The molecule has 0 aromatic heterocycles. The van der Waals surface area contributed by atoms with Crippen LogP contribution in [-0.4, -0.2) is 11.9 Å². The lowest BCUT2D eigenvalue weighted by atomic mass is 9.95. The summed E-state index contributed by atoms with van der Waals surface area (Å²) in [5.41, 5.74) is 3.36. The van der Waals surface area contributed by atoms with E-state index in [1.54, 1.807) is 12.1 Å². The number of carbonyl (C=O) groups excluding carboxylic acids is 1. The van der Waals surface area contributed by atoms with Crippen molar-refractivity contribution in [3.8, 4) is 0 Å². The molecule has 108 valence electrons. The van der Waals surface area contributed by atoms with Crippen LogP contribution in [0, 0.1) is 5.82 Å². The normalized spacial score (nSPS) is 17.1. The Kier molecular flexibility index (Phi) is 3.97. The van der Waals surface area contributed by atoms with E-state index in [1.165, 1.54) is 23.3 Å². The number of benzene rings is 2. The van der Waals surface area contributed by atoms with E-state index >= 15 is 0 Å². The summed E-state index contributed by atoms with van der Waals surface area (Å²) in [6.45, 7) is 1.13. The summed E-state index contributed by atoms with van der Waals surface area (Å²) in [5.74, 6) is -0.288. The van der Waals surface area contributed by atoms with Crippen molar-refractivity contribution in [3.05, 3.63) is 71.0 Å². The molecular formula is C17H17FN2O. The van der Waals surface area contributed by atoms with Crippen LogP contribution in [0.1, 0.15) is 16.7 Å². The monoisotopic (exact) mass is 284 g/mol. The maximum Gasteiger partial charge on any atom is 0.237 e. The molecule has 1 aliphatic heterocycles. The van der Waals surface area contributed by atoms with Gasteiger partial charge < -0.3 is 10.6 Å². The average molecular weight is 284 g/mol. The van der Waals surface area contributed by atoms with Crippen LogP contribution in [0.15, 0.2) is 48.5 Å². The molecule has 0 unspecified atom stereocenters. The molecule has 1 aliphatic rings. The van der Waals surface area contributed by atoms with Gasteiger partial charge in [0.15, 0.2) is 0 Å². The first kappa shape index (κ1) is 13.8. The van der Waals surface area contributed by atoms with Crippen LogP contribution in [0.3, 0.4) is 0 Å². The Morgan fingerprint density at radius 2 is 1.86 bits per heavy atom. The van der Waals surface area contributed by atoms with Crippen molar-refractivity contribution in [2.75, 3.05) is 0 Å². The molecule has 2 N–H and O–H groups in total. The van der Waals surface area contributed by atoms with Crippen molar-refractivity contribution in [3.63, 3.8) is 0 Å². The lowest BCUT2D eigenvalue weighted by molar-refractivity contribution is -0.123. The molecule has 4 heteroatoms. The first-order valence-corrected chi connectivity index (χ1v) is 7.05. The zero-order valence-corrected chi connectivity index (χ0v) is 11.6. The fourth-order valence-corrected chi connectivity index (χ4v) is 2.55. The van der Waals surface area contributed by atoms with Gasteiger partial charge in [-0.25, -0.2) is 4.39 Å². The van der Waals surface area contributed by atoms with Gasteiger partial charge >= 0.3 is 0 Å². The van der Waals surface area contributed by atoms with Gasteiger partial charge in [0.1, 0.15) is 5.82 Å². The molecule has 2 aromatic rings.